The van der Waals surface area contributed by atoms with Gasteiger partial charge in [-0.25, -0.2) is 4.68 Å². The third kappa shape index (κ3) is 1.38. The molecule has 0 atom stereocenters. The highest BCUT2D eigenvalue weighted by molar-refractivity contribution is 6.32. The van der Waals surface area contributed by atoms with Crippen LogP contribution in [-0.4, -0.2) is 9.78 Å². The average Bonchev–Trinajstić information content (AvgIpc) is 2.57. The molecular weight excluding hydrogens is 186 g/mol. The summed E-state index contributed by atoms with van der Waals surface area (Å²) in [7, 11) is 0. The fourth-order valence-electron chi connectivity index (χ4n) is 1.17. The van der Waals surface area contributed by atoms with Crippen molar-refractivity contribution >= 4 is 17.3 Å². The number of hydrogen-bond donors (Lipinski definition) is 1. The minimum Gasteiger partial charge on any atom is -0.397 e. The Hall–Kier alpha value is -1.48. The zero-order valence-electron chi connectivity index (χ0n) is 6.81. The van der Waals surface area contributed by atoms with Crippen LogP contribution >= 0.6 is 11.6 Å². The Morgan fingerprint density at radius 2 is 2.15 bits per heavy atom. The quantitative estimate of drug-likeness (QED) is 0.705. The summed E-state index contributed by atoms with van der Waals surface area (Å²) in [6.45, 7) is 0. The lowest BCUT2D eigenvalue weighted by molar-refractivity contribution is 0.883. The van der Waals surface area contributed by atoms with Gasteiger partial charge in [0, 0.05) is 12.4 Å². The summed E-state index contributed by atoms with van der Waals surface area (Å²) in [6.07, 6.45) is 3.49. The van der Waals surface area contributed by atoms with Crippen LogP contribution in [-0.2, 0) is 0 Å². The van der Waals surface area contributed by atoms with Gasteiger partial charge < -0.3 is 5.73 Å². The van der Waals surface area contributed by atoms with Gasteiger partial charge >= 0.3 is 0 Å². The second-order valence-electron chi connectivity index (χ2n) is 2.63. The highest BCUT2D eigenvalue weighted by atomic mass is 35.5. The predicted molar refractivity (Wildman–Crippen MR) is 53.0 cm³/mol. The second-order valence-corrected chi connectivity index (χ2v) is 3.04. The Bertz CT molecular complexity index is 389. The summed E-state index contributed by atoms with van der Waals surface area (Å²) in [5, 5.41) is 4.66. The number of rotatable bonds is 1. The van der Waals surface area contributed by atoms with Crippen LogP contribution in [0.15, 0.2) is 36.7 Å². The van der Waals surface area contributed by atoms with E-state index >= 15 is 0 Å². The number of hydrogen-bond acceptors (Lipinski definition) is 2. The normalized spacial score (nSPS) is 10.2. The van der Waals surface area contributed by atoms with Gasteiger partial charge in [0.1, 0.15) is 5.69 Å². The Balaban J connectivity index is 2.64. The number of benzene rings is 1. The molecule has 1 heterocycles. The van der Waals surface area contributed by atoms with E-state index in [0.717, 1.165) is 5.69 Å². The minimum atomic E-state index is 0.601. The maximum Gasteiger partial charge on any atom is 0.106 e. The summed E-state index contributed by atoms with van der Waals surface area (Å²) in [6, 6.07) is 7.21. The van der Waals surface area contributed by atoms with Crippen molar-refractivity contribution in [2.24, 2.45) is 0 Å². The number of anilines is 1. The number of nitrogens with zero attached hydrogens (tertiary/aromatic N) is 2. The zero-order chi connectivity index (χ0) is 9.26. The molecule has 0 saturated heterocycles. The van der Waals surface area contributed by atoms with Crippen molar-refractivity contribution in [2.45, 2.75) is 0 Å². The molecule has 0 unspecified atom stereocenters. The summed E-state index contributed by atoms with van der Waals surface area (Å²) in [4.78, 5) is 0. The van der Waals surface area contributed by atoms with Crippen molar-refractivity contribution in [1.29, 1.82) is 0 Å². The van der Waals surface area contributed by atoms with E-state index in [1.165, 1.54) is 0 Å². The summed E-state index contributed by atoms with van der Waals surface area (Å²) in [5.41, 5.74) is 7.12. The van der Waals surface area contributed by atoms with Gasteiger partial charge in [-0.1, -0.05) is 17.7 Å². The highest BCUT2D eigenvalue weighted by Gasteiger charge is 2.05. The number of nitrogen functional groups attached to an aromatic ring is 1. The van der Waals surface area contributed by atoms with Crippen LogP contribution in [0.4, 0.5) is 5.69 Å². The van der Waals surface area contributed by atoms with E-state index in [1.807, 2.05) is 12.1 Å². The Morgan fingerprint density at radius 3 is 2.77 bits per heavy atom. The minimum absolute atomic E-state index is 0.601. The van der Waals surface area contributed by atoms with Gasteiger partial charge in [-0.15, -0.1) is 0 Å². The van der Waals surface area contributed by atoms with Gasteiger partial charge in [-0.2, -0.15) is 5.10 Å². The van der Waals surface area contributed by atoms with Crippen LogP contribution in [0.5, 0.6) is 0 Å². The molecule has 66 valence electrons. The van der Waals surface area contributed by atoms with Crippen molar-refractivity contribution in [2.75, 3.05) is 5.73 Å². The van der Waals surface area contributed by atoms with E-state index < -0.39 is 0 Å². The number of halogens is 1. The highest BCUT2D eigenvalue weighted by Crippen LogP contribution is 2.25. The molecule has 2 rings (SSSR count). The molecule has 4 heteroatoms. The molecule has 1 aromatic heterocycles. The topological polar surface area (TPSA) is 43.8 Å². The van der Waals surface area contributed by atoms with E-state index in [-0.39, 0.29) is 0 Å². The van der Waals surface area contributed by atoms with Crippen molar-refractivity contribution in [3.8, 4) is 5.69 Å². The van der Waals surface area contributed by atoms with Gasteiger partial charge in [-0.05, 0) is 18.2 Å². The third-order valence-electron chi connectivity index (χ3n) is 1.75. The first kappa shape index (κ1) is 8.13. The Kier molecular flexibility index (Phi) is 1.94. The Morgan fingerprint density at radius 1 is 1.31 bits per heavy atom. The van der Waals surface area contributed by atoms with E-state index in [2.05, 4.69) is 5.10 Å². The van der Waals surface area contributed by atoms with Crippen LogP contribution < -0.4 is 5.73 Å². The number of aromatic nitrogens is 2. The molecule has 1 aromatic carbocycles. The lowest BCUT2D eigenvalue weighted by Gasteiger charge is -2.06. The van der Waals surface area contributed by atoms with Gasteiger partial charge in [0.2, 0.25) is 0 Å². The fourth-order valence-corrected chi connectivity index (χ4v) is 1.44. The van der Waals surface area contributed by atoms with Crippen LogP contribution in [0.25, 0.3) is 5.69 Å². The Labute approximate surface area is 80.7 Å². The summed E-state index contributed by atoms with van der Waals surface area (Å²) < 4.78 is 1.65. The molecule has 0 amide bonds. The zero-order valence-corrected chi connectivity index (χ0v) is 7.57. The largest absolute Gasteiger partial charge is 0.397 e. The lowest BCUT2D eigenvalue weighted by atomic mass is 10.3. The van der Waals surface area contributed by atoms with Crippen molar-refractivity contribution in [3.05, 3.63) is 41.7 Å². The summed E-state index contributed by atoms with van der Waals surface area (Å²) >= 11 is 5.98. The smallest absolute Gasteiger partial charge is 0.106 e. The molecule has 0 aliphatic carbocycles. The molecule has 2 N–H and O–H groups in total. The average molecular weight is 194 g/mol. The number of para-hydroxylation sites is 1. The van der Waals surface area contributed by atoms with Crippen LogP contribution in [0, 0.1) is 0 Å². The summed E-state index contributed by atoms with van der Waals surface area (Å²) in [5.74, 6) is 0. The first-order chi connectivity index (χ1) is 6.29. The predicted octanol–water partition coefficient (Wildman–Crippen LogP) is 2.11. The number of nitrogens with two attached hydrogens (primary N) is 1. The standard InChI is InChI=1S/C9H8ClN3/c10-7-3-1-4-8(11)9(7)13-6-2-5-12-13/h1-6H,11H2. The molecular formula is C9H8ClN3. The first-order valence-electron chi connectivity index (χ1n) is 3.83. The van der Waals surface area contributed by atoms with Gasteiger partial charge in [0.25, 0.3) is 0 Å². The van der Waals surface area contributed by atoms with Gasteiger partial charge in [0.05, 0.1) is 10.7 Å². The van der Waals surface area contributed by atoms with Gasteiger partial charge in [-0.3, -0.25) is 0 Å². The maximum absolute atomic E-state index is 5.98. The molecule has 0 saturated carbocycles. The molecule has 0 radical (unpaired) electrons. The molecule has 13 heavy (non-hydrogen) atoms. The van der Waals surface area contributed by atoms with Crippen LogP contribution in [0.1, 0.15) is 0 Å². The molecule has 0 aliphatic heterocycles. The van der Waals surface area contributed by atoms with Crippen LogP contribution in [0.2, 0.25) is 5.02 Å². The molecule has 0 fully saturated rings. The van der Waals surface area contributed by atoms with E-state index in [9.17, 15) is 0 Å². The van der Waals surface area contributed by atoms with E-state index in [0.29, 0.717) is 10.7 Å². The fraction of sp³-hybridized carbons (Fsp3) is 0. The molecule has 0 spiro atoms. The molecule has 3 nitrogen and oxygen atoms in total. The third-order valence-corrected chi connectivity index (χ3v) is 2.06. The molecule has 2 aromatic rings. The van der Waals surface area contributed by atoms with E-state index in [4.69, 9.17) is 17.3 Å². The van der Waals surface area contributed by atoms with Crippen LogP contribution in [0.3, 0.4) is 0 Å². The second kappa shape index (κ2) is 3.11. The monoisotopic (exact) mass is 193 g/mol. The molecule has 0 bridgehead atoms. The van der Waals surface area contributed by atoms with Crippen molar-refractivity contribution in [1.82, 2.24) is 9.78 Å². The van der Waals surface area contributed by atoms with Gasteiger partial charge in [0.15, 0.2) is 0 Å². The van der Waals surface area contributed by atoms with Crippen molar-refractivity contribution in [3.63, 3.8) is 0 Å². The first-order valence-corrected chi connectivity index (χ1v) is 4.21. The van der Waals surface area contributed by atoms with E-state index in [1.54, 1.807) is 29.2 Å². The molecule has 0 aliphatic rings. The SMILES string of the molecule is Nc1cccc(Cl)c1-n1cccn1. The lowest BCUT2D eigenvalue weighted by Crippen LogP contribution is -2.00. The van der Waals surface area contributed by atoms with Crippen molar-refractivity contribution < 1.29 is 0 Å². The maximum atomic E-state index is 5.98.